The van der Waals surface area contributed by atoms with E-state index in [1.165, 1.54) is 19.2 Å². The summed E-state index contributed by atoms with van der Waals surface area (Å²) in [7, 11) is -2.65. The van der Waals surface area contributed by atoms with Gasteiger partial charge in [-0.1, -0.05) is 24.3 Å². The Morgan fingerprint density at radius 1 is 0.871 bits per heavy atom. The molecule has 0 fully saturated rings. The van der Waals surface area contributed by atoms with Crippen LogP contribution in [-0.4, -0.2) is 33.3 Å². The van der Waals surface area contributed by atoms with Crippen molar-refractivity contribution in [3.8, 4) is 5.75 Å². The molecule has 4 rings (SSSR count). The maximum absolute atomic E-state index is 13.0. The van der Waals surface area contributed by atoms with Crippen LogP contribution in [0.25, 0.3) is 0 Å². The van der Waals surface area contributed by atoms with Crippen LogP contribution in [0.5, 0.6) is 5.75 Å². The topological polar surface area (TPSA) is 121 Å². The molecule has 0 radical (unpaired) electrons. The van der Waals surface area contributed by atoms with Crippen molar-refractivity contribution in [2.75, 3.05) is 12.0 Å². The van der Waals surface area contributed by atoms with Crippen LogP contribution in [0, 0.1) is 0 Å². The number of aromatic carboxylic acids is 1. The van der Waals surface area contributed by atoms with E-state index in [1.807, 2.05) is 0 Å². The Hall–Kier alpha value is -3.98. The molecule has 8 nitrogen and oxygen atoms in total. The van der Waals surface area contributed by atoms with Gasteiger partial charge in [-0.15, -0.1) is 0 Å². The lowest BCUT2D eigenvalue weighted by molar-refractivity contribution is -0.255. The zero-order valence-electron chi connectivity index (χ0n) is 16.1. The summed E-state index contributed by atoms with van der Waals surface area (Å²) in [5.41, 5.74) is 0.102. The van der Waals surface area contributed by atoms with E-state index in [2.05, 4.69) is 0 Å². The van der Waals surface area contributed by atoms with Crippen molar-refractivity contribution in [3.63, 3.8) is 0 Å². The maximum atomic E-state index is 13.0. The second-order valence-corrected chi connectivity index (χ2v) is 8.59. The minimum Gasteiger partial charge on any atom is -0.545 e. The van der Waals surface area contributed by atoms with Crippen molar-refractivity contribution in [2.24, 2.45) is 0 Å². The molecule has 3 aromatic rings. The van der Waals surface area contributed by atoms with Gasteiger partial charge in [-0.3, -0.25) is 9.59 Å². The second kappa shape index (κ2) is 7.37. The molecule has 1 aliphatic heterocycles. The number of ether oxygens (including phenoxy) is 1. The second-order valence-electron chi connectivity index (χ2n) is 6.64. The largest absolute Gasteiger partial charge is 0.545 e. The molecule has 1 aliphatic rings. The van der Waals surface area contributed by atoms with E-state index >= 15 is 0 Å². The van der Waals surface area contributed by atoms with Gasteiger partial charge in [-0.25, -0.2) is 13.3 Å². The fourth-order valence-electron chi connectivity index (χ4n) is 3.33. The SMILES string of the molecule is COc1ccccc1N1C(=O)c2ccc(S(=O)(=O)c3ccc(C(=O)[O-])cc3)cc2C1=O. The summed E-state index contributed by atoms with van der Waals surface area (Å²) in [4.78, 5) is 37.3. The summed E-state index contributed by atoms with van der Waals surface area (Å²) in [6.07, 6.45) is 0. The summed E-state index contributed by atoms with van der Waals surface area (Å²) >= 11 is 0. The number of imide groups is 1. The first kappa shape index (κ1) is 20.3. The first-order valence-corrected chi connectivity index (χ1v) is 10.5. The van der Waals surface area contributed by atoms with Crippen molar-refractivity contribution in [3.05, 3.63) is 83.4 Å². The summed E-state index contributed by atoms with van der Waals surface area (Å²) < 4.78 is 31.2. The van der Waals surface area contributed by atoms with Gasteiger partial charge in [0.25, 0.3) is 11.8 Å². The van der Waals surface area contributed by atoms with Gasteiger partial charge in [0.15, 0.2) is 0 Å². The minimum atomic E-state index is -4.06. The molecule has 0 aromatic heterocycles. The van der Waals surface area contributed by atoms with Gasteiger partial charge in [0.1, 0.15) is 5.75 Å². The smallest absolute Gasteiger partial charge is 0.266 e. The van der Waals surface area contributed by atoms with Gasteiger partial charge in [0, 0.05) is 0 Å². The van der Waals surface area contributed by atoms with Crippen molar-refractivity contribution in [1.29, 1.82) is 0 Å². The molecule has 0 N–H and O–H groups in total. The van der Waals surface area contributed by atoms with Crippen LogP contribution < -0.4 is 14.7 Å². The molecule has 0 aliphatic carbocycles. The summed E-state index contributed by atoms with van der Waals surface area (Å²) in [6, 6.07) is 14.7. The minimum absolute atomic E-state index is 0.0525. The number of fused-ring (bicyclic) bond motifs is 1. The van der Waals surface area contributed by atoms with E-state index < -0.39 is 27.6 Å². The Labute approximate surface area is 177 Å². The van der Waals surface area contributed by atoms with E-state index in [9.17, 15) is 27.9 Å². The van der Waals surface area contributed by atoms with Crippen LogP contribution in [0.2, 0.25) is 0 Å². The van der Waals surface area contributed by atoms with Crippen molar-refractivity contribution in [2.45, 2.75) is 9.79 Å². The fourth-order valence-corrected chi connectivity index (χ4v) is 4.61. The number of carbonyl (C=O) groups is 3. The van der Waals surface area contributed by atoms with Crippen LogP contribution in [0.3, 0.4) is 0 Å². The standard InChI is InChI=1S/C22H15NO7S/c1-30-19-5-3-2-4-18(19)23-20(24)16-11-10-15(12-17(16)21(23)25)31(28,29)14-8-6-13(7-9-14)22(26)27/h2-12H,1H3,(H,26,27)/p-1. The number of hydrogen-bond acceptors (Lipinski definition) is 7. The van der Waals surface area contributed by atoms with Crippen LogP contribution in [0.4, 0.5) is 5.69 Å². The highest BCUT2D eigenvalue weighted by Crippen LogP contribution is 2.36. The lowest BCUT2D eigenvalue weighted by Crippen LogP contribution is -2.29. The molecule has 0 saturated carbocycles. The third-order valence-electron chi connectivity index (χ3n) is 4.89. The molecule has 1 heterocycles. The first-order chi connectivity index (χ1) is 14.8. The zero-order valence-corrected chi connectivity index (χ0v) is 16.9. The Morgan fingerprint density at radius 3 is 2.13 bits per heavy atom. The van der Waals surface area contributed by atoms with Crippen molar-refractivity contribution >= 4 is 33.3 Å². The predicted octanol–water partition coefficient (Wildman–Crippen LogP) is 1.69. The normalized spacial score (nSPS) is 13.3. The third-order valence-corrected chi connectivity index (χ3v) is 6.66. The number of carbonyl (C=O) groups excluding carboxylic acids is 3. The van der Waals surface area contributed by atoms with Gasteiger partial charge in [0.2, 0.25) is 9.84 Å². The van der Waals surface area contributed by atoms with Crippen LogP contribution in [0.1, 0.15) is 31.1 Å². The van der Waals surface area contributed by atoms with E-state index in [0.717, 1.165) is 35.2 Å². The lowest BCUT2D eigenvalue weighted by Gasteiger charge is -2.16. The molecule has 0 saturated heterocycles. The monoisotopic (exact) mass is 436 g/mol. The summed E-state index contributed by atoms with van der Waals surface area (Å²) in [5.74, 6) is -2.37. The van der Waals surface area contributed by atoms with Crippen molar-refractivity contribution < 1.29 is 32.6 Å². The van der Waals surface area contributed by atoms with Gasteiger partial charge >= 0.3 is 0 Å². The Balaban J connectivity index is 1.76. The Kier molecular flexibility index (Phi) is 4.82. The molecule has 2 amide bonds. The van der Waals surface area contributed by atoms with E-state index in [1.54, 1.807) is 24.3 Å². The predicted molar refractivity (Wildman–Crippen MR) is 107 cm³/mol. The number of carboxylic acid groups (broad SMARTS) is 1. The molecular formula is C22H14NO7S-. The molecule has 31 heavy (non-hydrogen) atoms. The fraction of sp³-hybridized carbons (Fsp3) is 0.0455. The van der Waals surface area contributed by atoms with Gasteiger partial charge in [-0.05, 0) is 48.0 Å². The number of rotatable bonds is 5. The average molecular weight is 436 g/mol. The zero-order chi connectivity index (χ0) is 22.3. The summed E-state index contributed by atoms with van der Waals surface area (Å²) in [6.45, 7) is 0. The number of carboxylic acids is 1. The van der Waals surface area contributed by atoms with Crippen LogP contribution in [-0.2, 0) is 9.84 Å². The van der Waals surface area contributed by atoms with Gasteiger partial charge in [-0.2, -0.15) is 0 Å². The Bertz CT molecular complexity index is 1340. The number of nitrogens with zero attached hydrogens (tertiary/aromatic N) is 1. The van der Waals surface area contributed by atoms with E-state index in [-0.39, 0.29) is 32.2 Å². The average Bonchev–Trinajstić information content (AvgIpc) is 3.03. The number of methoxy groups -OCH3 is 1. The highest BCUT2D eigenvalue weighted by Gasteiger charge is 2.39. The molecule has 3 aromatic carbocycles. The van der Waals surface area contributed by atoms with Crippen LogP contribution in [0.15, 0.2) is 76.5 Å². The molecule has 0 unspecified atom stereocenters. The van der Waals surface area contributed by atoms with Crippen molar-refractivity contribution in [1.82, 2.24) is 0 Å². The highest BCUT2D eigenvalue weighted by atomic mass is 32.2. The number of benzene rings is 3. The Morgan fingerprint density at radius 2 is 1.48 bits per heavy atom. The molecular weight excluding hydrogens is 422 g/mol. The maximum Gasteiger partial charge on any atom is 0.266 e. The highest BCUT2D eigenvalue weighted by molar-refractivity contribution is 7.91. The quantitative estimate of drug-likeness (QED) is 0.558. The first-order valence-electron chi connectivity index (χ1n) is 8.98. The van der Waals surface area contributed by atoms with E-state index in [0.29, 0.717) is 5.75 Å². The number of hydrogen-bond donors (Lipinski definition) is 0. The number of amides is 2. The van der Waals surface area contributed by atoms with E-state index in [4.69, 9.17) is 4.74 Å². The number of anilines is 1. The number of sulfone groups is 1. The lowest BCUT2D eigenvalue weighted by atomic mass is 10.1. The molecule has 0 spiro atoms. The molecule has 0 atom stereocenters. The number of para-hydroxylation sites is 2. The summed E-state index contributed by atoms with van der Waals surface area (Å²) in [5, 5.41) is 10.9. The van der Waals surface area contributed by atoms with Crippen LogP contribution >= 0.6 is 0 Å². The van der Waals surface area contributed by atoms with Gasteiger partial charge < -0.3 is 14.6 Å². The third kappa shape index (κ3) is 3.24. The van der Waals surface area contributed by atoms with Gasteiger partial charge in [0.05, 0.1) is 39.7 Å². The molecule has 156 valence electrons. The molecule has 9 heteroatoms. The molecule has 0 bridgehead atoms.